The largest absolute Gasteiger partial charge is 0.508 e. The first kappa shape index (κ1) is 14.6. The van der Waals surface area contributed by atoms with E-state index in [1.807, 2.05) is 0 Å². The van der Waals surface area contributed by atoms with Crippen LogP contribution >= 0.6 is 0 Å². The van der Waals surface area contributed by atoms with E-state index in [1.165, 1.54) is 30.3 Å². The third kappa shape index (κ3) is 3.02. The van der Waals surface area contributed by atoms with E-state index in [0.29, 0.717) is 5.56 Å². The minimum atomic E-state index is -0.768. The van der Waals surface area contributed by atoms with Gasteiger partial charge in [-0.15, -0.1) is 0 Å². The number of phenolic OH excluding ortho intramolecular Hbond substituents is 2. The first-order chi connectivity index (χ1) is 9.90. The van der Waals surface area contributed by atoms with Gasteiger partial charge in [0.1, 0.15) is 17.2 Å². The Bertz CT molecular complexity index is 691. The van der Waals surface area contributed by atoms with Crippen LogP contribution in [0.4, 0.5) is 15.8 Å². The molecule has 0 aliphatic carbocycles. The summed E-state index contributed by atoms with van der Waals surface area (Å²) in [6, 6.07) is 6.78. The molecule has 0 fully saturated rings. The molecule has 110 valence electrons. The van der Waals surface area contributed by atoms with Crippen LogP contribution < -0.4 is 5.32 Å². The maximum Gasteiger partial charge on any atom is 0.295 e. The third-order valence-electron chi connectivity index (χ3n) is 3.03. The van der Waals surface area contributed by atoms with Crippen LogP contribution in [0.25, 0.3) is 0 Å². The molecule has 2 aromatic carbocycles. The van der Waals surface area contributed by atoms with E-state index in [-0.39, 0.29) is 17.2 Å². The fourth-order valence-corrected chi connectivity index (χ4v) is 1.99. The van der Waals surface area contributed by atoms with E-state index in [2.05, 4.69) is 5.32 Å². The van der Waals surface area contributed by atoms with Crippen LogP contribution in [-0.4, -0.2) is 15.1 Å². The van der Waals surface area contributed by atoms with Crippen molar-refractivity contribution in [2.75, 3.05) is 5.32 Å². The zero-order valence-corrected chi connectivity index (χ0v) is 11.1. The van der Waals surface area contributed by atoms with Gasteiger partial charge in [0.2, 0.25) is 0 Å². The highest BCUT2D eigenvalue weighted by Crippen LogP contribution is 2.34. The van der Waals surface area contributed by atoms with Crippen LogP contribution in [0.15, 0.2) is 36.4 Å². The van der Waals surface area contributed by atoms with Gasteiger partial charge in [-0.05, 0) is 31.2 Å². The molecule has 1 atom stereocenters. The summed E-state index contributed by atoms with van der Waals surface area (Å²) < 4.78 is 13.8. The predicted octanol–water partition coefficient (Wildman–Crippen LogP) is 3.32. The molecule has 0 aromatic heterocycles. The molecule has 0 spiro atoms. The van der Waals surface area contributed by atoms with Crippen molar-refractivity contribution >= 4 is 11.4 Å². The van der Waals surface area contributed by atoms with Crippen LogP contribution in [0, 0.1) is 15.9 Å². The highest BCUT2D eigenvalue weighted by molar-refractivity contribution is 5.63. The molecule has 0 bridgehead atoms. The van der Waals surface area contributed by atoms with Crippen molar-refractivity contribution in [3.05, 3.63) is 57.9 Å². The van der Waals surface area contributed by atoms with Crippen molar-refractivity contribution in [2.24, 2.45) is 0 Å². The summed E-state index contributed by atoms with van der Waals surface area (Å²) in [7, 11) is 0. The van der Waals surface area contributed by atoms with Crippen LogP contribution in [0.3, 0.4) is 0 Å². The first-order valence-corrected chi connectivity index (χ1v) is 6.11. The van der Waals surface area contributed by atoms with Gasteiger partial charge in [-0.1, -0.05) is 6.07 Å². The van der Waals surface area contributed by atoms with Crippen molar-refractivity contribution < 1.29 is 19.5 Å². The lowest BCUT2D eigenvalue weighted by atomic mass is 10.1. The van der Waals surface area contributed by atoms with Crippen LogP contribution in [0.1, 0.15) is 18.5 Å². The highest BCUT2D eigenvalue weighted by atomic mass is 19.1. The van der Waals surface area contributed by atoms with Gasteiger partial charge in [0.05, 0.1) is 11.0 Å². The fourth-order valence-electron chi connectivity index (χ4n) is 1.99. The van der Waals surface area contributed by atoms with Crippen molar-refractivity contribution in [1.29, 1.82) is 0 Å². The van der Waals surface area contributed by atoms with Gasteiger partial charge in [0.15, 0.2) is 5.82 Å². The number of hydrogen-bond donors (Lipinski definition) is 3. The summed E-state index contributed by atoms with van der Waals surface area (Å²) >= 11 is 0. The molecule has 6 nitrogen and oxygen atoms in total. The Kier molecular flexibility index (Phi) is 3.93. The number of rotatable bonds is 4. The summed E-state index contributed by atoms with van der Waals surface area (Å²) in [5.74, 6) is -0.943. The van der Waals surface area contributed by atoms with Crippen LogP contribution in [0.2, 0.25) is 0 Å². The summed E-state index contributed by atoms with van der Waals surface area (Å²) in [6.45, 7) is 1.59. The average Bonchev–Trinajstić information content (AvgIpc) is 2.43. The molecule has 1 unspecified atom stereocenters. The quantitative estimate of drug-likeness (QED) is 0.456. The second kappa shape index (κ2) is 5.66. The van der Waals surface area contributed by atoms with E-state index in [0.717, 1.165) is 6.07 Å². The summed E-state index contributed by atoms with van der Waals surface area (Å²) in [5.41, 5.74) is -0.369. The predicted molar refractivity (Wildman–Crippen MR) is 74.9 cm³/mol. The molecule has 2 aromatic rings. The summed E-state index contributed by atoms with van der Waals surface area (Å²) in [5, 5.41) is 32.8. The van der Waals surface area contributed by atoms with E-state index >= 15 is 0 Å². The second-order valence-corrected chi connectivity index (χ2v) is 4.50. The third-order valence-corrected chi connectivity index (χ3v) is 3.03. The maximum atomic E-state index is 13.8. The van der Waals surface area contributed by atoms with E-state index in [9.17, 15) is 24.7 Å². The molecule has 0 radical (unpaired) electrons. The molecule has 2 rings (SSSR count). The Morgan fingerprint density at radius 2 is 2.00 bits per heavy atom. The molecule has 7 heteroatoms. The number of nitrogens with one attached hydrogen (secondary N) is 1. The minimum Gasteiger partial charge on any atom is -0.508 e. The van der Waals surface area contributed by atoms with Crippen molar-refractivity contribution in [3.63, 3.8) is 0 Å². The Morgan fingerprint density at radius 3 is 2.67 bits per heavy atom. The Labute approximate surface area is 119 Å². The molecule has 0 heterocycles. The number of phenols is 2. The number of hydrogen-bond acceptors (Lipinski definition) is 5. The first-order valence-electron chi connectivity index (χ1n) is 6.11. The molecular formula is C14H13FN2O4. The zero-order valence-electron chi connectivity index (χ0n) is 11.1. The zero-order chi connectivity index (χ0) is 15.6. The fraction of sp³-hybridized carbons (Fsp3) is 0.143. The van der Waals surface area contributed by atoms with E-state index in [4.69, 9.17) is 0 Å². The lowest BCUT2D eigenvalue weighted by molar-refractivity contribution is -0.384. The van der Waals surface area contributed by atoms with Gasteiger partial charge in [0.25, 0.3) is 5.69 Å². The van der Waals surface area contributed by atoms with Crippen LogP contribution in [-0.2, 0) is 0 Å². The highest BCUT2D eigenvalue weighted by Gasteiger charge is 2.21. The lowest BCUT2D eigenvalue weighted by Crippen LogP contribution is -2.10. The summed E-state index contributed by atoms with van der Waals surface area (Å²) in [6.07, 6.45) is 0. The second-order valence-electron chi connectivity index (χ2n) is 4.50. The van der Waals surface area contributed by atoms with Gasteiger partial charge < -0.3 is 15.5 Å². The molecule has 0 saturated heterocycles. The smallest absolute Gasteiger partial charge is 0.295 e. The molecule has 0 aliphatic rings. The van der Waals surface area contributed by atoms with Crippen molar-refractivity contribution in [1.82, 2.24) is 0 Å². The molecule has 0 amide bonds. The Hall–Kier alpha value is -2.83. The number of nitro groups is 1. The number of nitro benzene ring substituents is 1. The van der Waals surface area contributed by atoms with Crippen LogP contribution in [0.5, 0.6) is 11.5 Å². The standard InChI is InChI=1S/C14H13FN2O4/c1-8(10-7-9(18)5-6-13(10)19)16-14-11(15)3-2-4-12(14)17(20)21/h2-8,16,18-19H,1H3. The Balaban J connectivity index is 2.38. The topological polar surface area (TPSA) is 95.6 Å². The number of benzene rings is 2. The number of anilines is 1. The van der Waals surface area contributed by atoms with Gasteiger partial charge in [-0.3, -0.25) is 10.1 Å². The van der Waals surface area contributed by atoms with E-state index in [1.54, 1.807) is 6.92 Å². The van der Waals surface area contributed by atoms with Gasteiger partial charge in [0, 0.05) is 11.6 Å². The van der Waals surface area contributed by atoms with Gasteiger partial charge in [-0.25, -0.2) is 4.39 Å². The number of halogens is 1. The minimum absolute atomic E-state index is 0.0699. The van der Waals surface area contributed by atoms with Gasteiger partial charge in [-0.2, -0.15) is 0 Å². The number of para-hydroxylation sites is 1. The van der Waals surface area contributed by atoms with Crippen molar-refractivity contribution in [3.8, 4) is 11.5 Å². The summed E-state index contributed by atoms with van der Waals surface area (Å²) in [4.78, 5) is 10.2. The molecule has 21 heavy (non-hydrogen) atoms. The monoisotopic (exact) mass is 292 g/mol. The Morgan fingerprint density at radius 1 is 1.29 bits per heavy atom. The number of aromatic hydroxyl groups is 2. The normalized spacial score (nSPS) is 11.9. The molecular weight excluding hydrogens is 279 g/mol. The molecule has 0 aliphatic heterocycles. The maximum absolute atomic E-state index is 13.8. The molecule has 0 saturated carbocycles. The number of nitrogens with zero attached hydrogens (tertiary/aromatic N) is 1. The lowest BCUT2D eigenvalue weighted by Gasteiger charge is -2.17. The molecule has 3 N–H and O–H groups in total. The van der Waals surface area contributed by atoms with Gasteiger partial charge >= 0.3 is 0 Å². The van der Waals surface area contributed by atoms with Crippen molar-refractivity contribution in [2.45, 2.75) is 13.0 Å². The van der Waals surface area contributed by atoms with E-state index < -0.39 is 22.5 Å². The average molecular weight is 292 g/mol. The SMILES string of the molecule is CC(Nc1c(F)cccc1[N+](=O)[O-])c1cc(O)ccc1O.